The highest BCUT2D eigenvalue weighted by Gasteiger charge is 2.31. The third kappa shape index (κ3) is 6.45. The lowest BCUT2D eigenvalue weighted by atomic mass is 9.98. The van der Waals surface area contributed by atoms with Crippen LogP contribution in [0.1, 0.15) is 62.8 Å². The Labute approximate surface area is 242 Å². The van der Waals surface area contributed by atoms with Crippen molar-refractivity contribution < 1.29 is 19.1 Å². The van der Waals surface area contributed by atoms with Crippen LogP contribution in [-0.2, 0) is 27.4 Å². The molecule has 41 heavy (non-hydrogen) atoms. The number of carbonyl (C=O) groups is 2. The van der Waals surface area contributed by atoms with Gasteiger partial charge in [-0.3, -0.25) is 9.48 Å². The first-order chi connectivity index (χ1) is 19.9. The Balaban J connectivity index is 1.28. The van der Waals surface area contributed by atoms with Gasteiger partial charge in [0, 0.05) is 44.4 Å². The number of likely N-dealkylation sites (N-methyl/N-ethyl adjacent to an activating group) is 1. The summed E-state index contributed by atoms with van der Waals surface area (Å²) in [5.41, 5.74) is 5.48. The maximum atomic E-state index is 13.3. The normalized spacial score (nSPS) is 20.3. The van der Waals surface area contributed by atoms with Crippen LogP contribution in [0.3, 0.4) is 0 Å². The smallest absolute Gasteiger partial charge is 0.409 e. The van der Waals surface area contributed by atoms with Crippen LogP contribution < -0.4 is 0 Å². The molecule has 0 saturated heterocycles. The second kappa shape index (κ2) is 12.9. The van der Waals surface area contributed by atoms with Crippen molar-refractivity contribution in [2.24, 2.45) is 5.92 Å². The Morgan fingerprint density at radius 1 is 1.15 bits per heavy atom. The molecule has 0 fully saturated rings. The van der Waals surface area contributed by atoms with E-state index in [1.807, 2.05) is 35.4 Å². The van der Waals surface area contributed by atoms with Crippen LogP contribution in [0.5, 0.6) is 0 Å². The number of carbonyl (C=O) groups excluding carboxylic acids is 2. The lowest BCUT2D eigenvalue weighted by Crippen LogP contribution is -2.46. The summed E-state index contributed by atoms with van der Waals surface area (Å²) in [6, 6.07) is 16.7. The van der Waals surface area contributed by atoms with Gasteiger partial charge in [-0.15, -0.1) is 5.10 Å². The number of aryl methyl sites for hydroxylation is 1. The molecule has 9 heteroatoms. The Morgan fingerprint density at radius 2 is 1.83 bits per heavy atom. The summed E-state index contributed by atoms with van der Waals surface area (Å²) in [7, 11) is 1.74. The van der Waals surface area contributed by atoms with Gasteiger partial charge >= 0.3 is 6.09 Å². The van der Waals surface area contributed by atoms with E-state index in [-0.39, 0.29) is 43.1 Å². The lowest BCUT2D eigenvalue weighted by Gasteiger charge is -2.35. The van der Waals surface area contributed by atoms with E-state index in [4.69, 9.17) is 9.47 Å². The number of aromatic nitrogens is 3. The number of hydrogen-bond acceptors (Lipinski definition) is 6. The predicted octanol–water partition coefficient (Wildman–Crippen LogP) is 5.10. The van der Waals surface area contributed by atoms with Crippen molar-refractivity contribution in [3.8, 4) is 11.1 Å². The molecule has 0 saturated carbocycles. The molecule has 2 aromatic carbocycles. The molecule has 2 heterocycles. The van der Waals surface area contributed by atoms with Crippen LogP contribution in [-0.4, -0.2) is 75.7 Å². The molecule has 218 valence electrons. The summed E-state index contributed by atoms with van der Waals surface area (Å²) >= 11 is 0. The van der Waals surface area contributed by atoms with Crippen molar-refractivity contribution in [2.45, 2.75) is 71.2 Å². The molecule has 0 N–H and O–H groups in total. The molecule has 5 rings (SSSR count). The molecule has 2 aliphatic rings. The molecule has 2 bridgehead atoms. The van der Waals surface area contributed by atoms with Crippen LogP contribution in [0.4, 0.5) is 4.79 Å². The van der Waals surface area contributed by atoms with E-state index in [1.165, 1.54) is 22.3 Å². The molecule has 9 nitrogen and oxygen atoms in total. The second-order valence-electron chi connectivity index (χ2n) is 11.4. The summed E-state index contributed by atoms with van der Waals surface area (Å²) < 4.78 is 14.0. The second-order valence-corrected chi connectivity index (χ2v) is 11.4. The highest BCUT2D eigenvalue weighted by Crippen LogP contribution is 2.44. The molecule has 1 aromatic heterocycles. The van der Waals surface area contributed by atoms with Crippen molar-refractivity contribution in [3.05, 3.63) is 71.5 Å². The SMILES string of the molecule is CCC(C)N1CC(C)C(CN(C)C(=O)OCC2c3ccccc3-c3ccccc32)OCc2cn(nn2)CCCC1=O. The first-order valence-electron chi connectivity index (χ1n) is 14.7. The minimum atomic E-state index is -0.397. The van der Waals surface area contributed by atoms with Gasteiger partial charge in [0.2, 0.25) is 5.91 Å². The summed E-state index contributed by atoms with van der Waals surface area (Å²) in [6.07, 6.45) is 3.17. The van der Waals surface area contributed by atoms with E-state index in [9.17, 15) is 9.59 Å². The van der Waals surface area contributed by atoms with Crippen LogP contribution in [0.2, 0.25) is 0 Å². The average Bonchev–Trinajstić information content (AvgIpc) is 3.57. The number of amides is 2. The van der Waals surface area contributed by atoms with Gasteiger partial charge in [0.15, 0.2) is 0 Å². The van der Waals surface area contributed by atoms with Crippen LogP contribution in [0.25, 0.3) is 11.1 Å². The van der Waals surface area contributed by atoms with Gasteiger partial charge in [0.25, 0.3) is 0 Å². The van der Waals surface area contributed by atoms with Gasteiger partial charge in [0.05, 0.1) is 25.5 Å². The maximum absolute atomic E-state index is 13.3. The largest absolute Gasteiger partial charge is 0.448 e. The van der Waals surface area contributed by atoms with E-state index in [0.29, 0.717) is 32.5 Å². The third-order valence-electron chi connectivity index (χ3n) is 8.47. The topological polar surface area (TPSA) is 89.8 Å². The fourth-order valence-corrected chi connectivity index (χ4v) is 5.86. The molecule has 3 unspecified atom stereocenters. The van der Waals surface area contributed by atoms with Crippen molar-refractivity contribution in [1.82, 2.24) is 24.8 Å². The number of ether oxygens (including phenoxy) is 2. The van der Waals surface area contributed by atoms with Crippen LogP contribution in [0.15, 0.2) is 54.7 Å². The molecule has 1 aliphatic carbocycles. The molecular weight excluding hydrogens is 518 g/mol. The number of benzene rings is 2. The Bertz CT molecular complexity index is 1310. The summed E-state index contributed by atoms with van der Waals surface area (Å²) in [4.78, 5) is 30.0. The molecule has 1 aliphatic heterocycles. The zero-order valence-electron chi connectivity index (χ0n) is 24.5. The summed E-state index contributed by atoms with van der Waals surface area (Å²) in [6.45, 7) is 8.33. The van der Waals surface area contributed by atoms with E-state index in [2.05, 4.69) is 55.3 Å². The molecule has 3 aromatic rings. The van der Waals surface area contributed by atoms with Gasteiger partial charge in [-0.1, -0.05) is 67.6 Å². The van der Waals surface area contributed by atoms with Gasteiger partial charge in [0.1, 0.15) is 12.3 Å². The minimum Gasteiger partial charge on any atom is -0.448 e. The molecule has 3 atom stereocenters. The van der Waals surface area contributed by atoms with Gasteiger partial charge in [-0.25, -0.2) is 4.79 Å². The third-order valence-corrected chi connectivity index (χ3v) is 8.47. The van der Waals surface area contributed by atoms with Crippen molar-refractivity contribution in [3.63, 3.8) is 0 Å². The number of rotatable bonds is 6. The highest BCUT2D eigenvalue weighted by atomic mass is 16.6. The number of hydrogen-bond donors (Lipinski definition) is 0. The average molecular weight is 560 g/mol. The van der Waals surface area contributed by atoms with E-state index >= 15 is 0 Å². The molecular formula is C32H41N5O4. The van der Waals surface area contributed by atoms with Crippen molar-refractivity contribution in [2.75, 3.05) is 26.7 Å². The molecule has 2 amide bonds. The lowest BCUT2D eigenvalue weighted by molar-refractivity contribution is -0.135. The first kappa shape index (κ1) is 28.8. The first-order valence-corrected chi connectivity index (χ1v) is 14.7. The number of fused-ring (bicyclic) bond motifs is 5. The van der Waals surface area contributed by atoms with Gasteiger partial charge < -0.3 is 19.3 Å². The van der Waals surface area contributed by atoms with Gasteiger partial charge in [-0.2, -0.15) is 0 Å². The number of nitrogens with zero attached hydrogens (tertiary/aromatic N) is 5. The predicted molar refractivity (Wildman–Crippen MR) is 156 cm³/mol. The van der Waals surface area contributed by atoms with Crippen molar-refractivity contribution in [1.29, 1.82) is 0 Å². The highest BCUT2D eigenvalue weighted by molar-refractivity contribution is 5.79. The molecule has 0 radical (unpaired) electrons. The van der Waals surface area contributed by atoms with Crippen LogP contribution >= 0.6 is 0 Å². The fraction of sp³-hybridized carbons (Fsp3) is 0.500. The summed E-state index contributed by atoms with van der Waals surface area (Å²) in [5.74, 6) is 0.111. The quantitative estimate of drug-likeness (QED) is 0.417. The Kier molecular flexibility index (Phi) is 9.03. The van der Waals surface area contributed by atoms with Gasteiger partial charge in [-0.05, 0) is 42.0 Å². The monoisotopic (exact) mass is 559 g/mol. The zero-order chi connectivity index (χ0) is 28.9. The standard InChI is InChI=1S/C32H41N5O4/c1-5-23(3)37-17-22(2)30(40-20-24-18-36(34-33-24)16-10-15-31(37)38)19-35(4)32(39)41-21-29-27-13-8-6-11-25(27)26-12-7-9-14-28(26)29/h6-9,11-14,18,22-23,29-30H,5,10,15-17,19-21H2,1-4H3. The van der Waals surface area contributed by atoms with Crippen LogP contribution in [0, 0.1) is 5.92 Å². The van der Waals surface area contributed by atoms with E-state index in [1.54, 1.807) is 16.6 Å². The maximum Gasteiger partial charge on any atom is 0.409 e. The van der Waals surface area contributed by atoms with E-state index in [0.717, 1.165) is 12.1 Å². The zero-order valence-corrected chi connectivity index (χ0v) is 24.5. The fourth-order valence-electron chi connectivity index (χ4n) is 5.86. The summed E-state index contributed by atoms with van der Waals surface area (Å²) in [5, 5.41) is 8.42. The Hall–Kier alpha value is -3.72. The van der Waals surface area contributed by atoms with Crippen molar-refractivity contribution >= 4 is 12.0 Å². The Morgan fingerprint density at radius 3 is 2.51 bits per heavy atom. The molecule has 0 spiro atoms. The van der Waals surface area contributed by atoms with E-state index < -0.39 is 6.09 Å². The minimum absolute atomic E-state index is 0.00193.